The minimum Gasteiger partial charge on any atom is -0.331 e. The molecule has 2 rings (SSSR count). The van der Waals surface area contributed by atoms with Crippen molar-refractivity contribution >= 4 is 0 Å². The molecule has 1 aliphatic rings. The van der Waals surface area contributed by atoms with Gasteiger partial charge in [0.25, 0.3) is 0 Å². The van der Waals surface area contributed by atoms with Crippen molar-refractivity contribution in [2.75, 3.05) is 13.1 Å². The summed E-state index contributed by atoms with van der Waals surface area (Å²) < 4.78 is 34.0. The lowest BCUT2D eigenvalue weighted by atomic mass is 10.1. The van der Waals surface area contributed by atoms with Crippen LogP contribution in [0, 0.1) is 10.2 Å². The Bertz CT molecular complexity index is 291. The van der Waals surface area contributed by atoms with E-state index in [1.165, 1.54) is 31.6 Å². The molecule has 1 aromatic rings. The first-order chi connectivity index (χ1) is 7.45. The topological polar surface area (TPSA) is 96.7 Å². The quantitative estimate of drug-likeness (QED) is 0.572. The van der Waals surface area contributed by atoms with E-state index in [4.69, 9.17) is 18.6 Å². The van der Waals surface area contributed by atoms with Crippen molar-refractivity contribution in [1.29, 1.82) is 0 Å². The molecule has 1 fully saturated rings. The van der Waals surface area contributed by atoms with Crippen molar-refractivity contribution in [3.63, 3.8) is 0 Å². The van der Waals surface area contributed by atoms with Crippen LogP contribution >= 0.6 is 0 Å². The SMILES string of the molecule is [O-][Cl+3]([O-])([O-])[O-].c1ccc(C[NH+]2CCC2)cc1. The van der Waals surface area contributed by atoms with Gasteiger partial charge in [0.05, 0.1) is 13.1 Å². The average molecular weight is 248 g/mol. The third kappa shape index (κ3) is 6.73. The molecule has 1 saturated heterocycles. The molecular weight excluding hydrogens is 234 g/mol. The Kier molecular flexibility index (Phi) is 5.14. The summed E-state index contributed by atoms with van der Waals surface area (Å²) in [6, 6.07) is 10.7. The highest BCUT2D eigenvalue weighted by Gasteiger charge is 2.17. The molecular formula is C10H14ClNO4. The van der Waals surface area contributed by atoms with E-state index in [1.807, 2.05) is 0 Å². The third-order valence-electron chi connectivity index (χ3n) is 2.36. The molecule has 0 spiro atoms. The molecule has 0 atom stereocenters. The van der Waals surface area contributed by atoms with Crippen molar-refractivity contribution in [2.45, 2.75) is 13.0 Å². The first-order valence-electron chi connectivity index (χ1n) is 4.94. The van der Waals surface area contributed by atoms with Crippen LogP contribution in [0.2, 0.25) is 0 Å². The molecule has 0 saturated carbocycles. The zero-order chi connectivity index (χ0) is 12.0. The molecule has 0 amide bonds. The van der Waals surface area contributed by atoms with E-state index in [9.17, 15) is 0 Å². The van der Waals surface area contributed by atoms with Gasteiger partial charge in [-0.05, 0) is 0 Å². The minimum atomic E-state index is -4.94. The monoisotopic (exact) mass is 247 g/mol. The van der Waals surface area contributed by atoms with Crippen molar-refractivity contribution in [3.8, 4) is 0 Å². The summed E-state index contributed by atoms with van der Waals surface area (Å²) in [7, 11) is -4.94. The van der Waals surface area contributed by atoms with Gasteiger partial charge in [0.15, 0.2) is 0 Å². The van der Waals surface area contributed by atoms with Gasteiger partial charge in [-0.1, -0.05) is 30.3 Å². The highest BCUT2D eigenvalue weighted by atomic mass is 35.7. The van der Waals surface area contributed by atoms with Gasteiger partial charge in [0.2, 0.25) is 0 Å². The number of quaternary nitrogens is 1. The third-order valence-corrected chi connectivity index (χ3v) is 2.36. The molecule has 0 aliphatic carbocycles. The van der Waals surface area contributed by atoms with Gasteiger partial charge in [-0.15, -0.1) is 10.2 Å². The molecule has 0 bridgehead atoms. The van der Waals surface area contributed by atoms with Crippen LogP contribution in [0.3, 0.4) is 0 Å². The minimum absolute atomic E-state index is 1.22. The smallest absolute Gasteiger partial charge is 0.103 e. The summed E-state index contributed by atoms with van der Waals surface area (Å²) in [5, 5.41) is 0. The maximum Gasteiger partial charge on any atom is 0.103 e. The molecule has 0 aromatic heterocycles. The second-order valence-electron chi connectivity index (χ2n) is 3.64. The highest BCUT2D eigenvalue weighted by Crippen LogP contribution is 1.96. The molecule has 90 valence electrons. The lowest BCUT2D eigenvalue weighted by Gasteiger charge is -2.26. The number of halogens is 1. The first-order valence-corrected chi connectivity index (χ1v) is 6.18. The average Bonchev–Trinajstić information content (AvgIpc) is 2.11. The van der Waals surface area contributed by atoms with Crippen LogP contribution in [0.25, 0.3) is 0 Å². The second-order valence-corrected chi connectivity index (χ2v) is 4.40. The molecule has 6 heteroatoms. The van der Waals surface area contributed by atoms with Gasteiger partial charge in [-0.2, -0.15) is 0 Å². The molecule has 16 heavy (non-hydrogen) atoms. The number of benzene rings is 1. The fourth-order valence-corrected chi connectivity index (χ4v) is 1.49. The predicted octanol–water partition coefficient (Wildman–Crippen LogP) is -4.28. The molecule has 0 unspecified atom stereocenters. The van der Waals surface area contributed by atoms with E-state index in [2.05, 4.69) is 30.3 Å². The van der Waals surface area contributed by atoms with Gasteiger partial charge in [0.1, 0.15) is 6.54 Å². The summed E-state index contributed by atoms with van der Waals surface area (Å²) in [5.41, 5.74) is 1.47. The number of likely N-dealkylation sites (tertiary alicyclic amines) is 1. The van der Waals surface area contributed by atoms with Crippen molar-refractivity contribution in [2.24, 2.45) is 0 Å². The first kappa shape index (κ1) is 13.4. The van der Waals surface area contributed by atoms with Gasteiger partial charge in [-0.3, -0.25) is 0 Å². The van der Waals surface area contributed by atoms with Crippen molar-refractivity contribution in [3.05, 3.63) is 35.9 Å². The van der Waals surface area contributed by atoms with E-state index < -0.39 is 10.2 Å². The van der Waals surface area contributed by atoms with E-state index in [0.717, 1.165) is 0 Å². The fraction of sp³-hybridized carbons (Fsp3) is 0.400. The summed E-state index contributed by atoms with van der Waals surface area (Å²) >= 11 is 0. The Hall–Kier alpha value is -0.690. The number of hydrogen-bond acceptors (Lipinski definition) is 4. The molecule has 1 heterocycles. The van der Waals surface area contributed by atoms with Crippen molar-refractivity contribution in [1.82, 2.24) is 0 Å². The summed E-state index contributed by atoms with van der Waals surface area (Å²) in [5.74, 6) is 0. The van der Waals surface area contributed by atoms with E-state index >= 15 is 0 Å². The molecule has 1 N–H and O–H groups in total. The normalized spacial score (nSPS) is 16.0. The maximum absolute atomic E-state index is 8.49. The second kappa shape index (κ2) is 6.15. The van der Waals surface area contributed by atoms with Crippen molar-refractivity contribution < 1.29 is 33.8 Å². The number of hydrogen-bond donors (Lipinski definition) is 1. The van der Waals surface area contributed by atoms with Crippen LogP contribution in [0.5, 0.6) is 0 Å². The largest absolute Gasteiger partial charge is 0.331 e. The highest BCUT2D eigenvalue weighted by molar-refractivity contribution is 5.13. The Labute approximate surface area is 96.3 Å². The summed E-state index contributed by atoms with van der Waals surface area (Å²) in [6.07, 6.45) is 1.42. The Morgan fingerprint density at radius 3 is 1.88 bits per heavy atom. The zero-order valence-corrected chi connectivity index (χ0v) is 9.48. The Balaban J connectivity index is 0.000000221. The Morgan fingerprint density at radius 2 is 1.50 bits per heavy atom. The predicted molar refractivity (Wildman–Crippen MR) is 45.5 cm³/mol. The Morgan fingerprint density at radius 1 is 1.00 bits per heavy atom. The van der Waals surface area contributed by atoms with E-state index in [1.54, 1.807) is 4.90 Å². The standard InChI is InChI=1S/C10H13N.ClHO4/c1-2-5-10(6-3-1)9-11-7-4-8-11;2-1(3,4)5/h1-3,5-6H,4,7-9H2;(H,2,3,4,5). The molecule has 5 nitrogen and oxygen atoms in total. The van der Waals surface area contributed by atoms with Gasteiger partial charge in [-0.25, -0.2) is 18.6 Å². The van der Waals surface area contributed by atoms with E-state index in [0.29, 0.717) is 0 Å². The van der Waals surface area contributed by atoms with Gasteiger partial charge < -0.3 is 4.90 Å². The number of rotatable bonds is 2. The van der Waals surface area contributed by atoms with Gasteiger partial charge >= 0.3 is 0 Å². The lowest BCUT2D eigenvalue weighted by Crippen LogP contribution is -3.16. The molecule has 0 radical (unpaired) electrons. The van der Waals surface area contributed by atoms with Crippen LogP contribution in [0.15, 0.2) is 30.3 Å². The van der Waals surface area contributed by atoms with Crippen LogP contribution in [-0.4, -0.2) is 13.1 Å². The number of nitrogens with one attached hydrogen (secondary N) is 1. The van der Waals surface area contributed by atoms with Crippen LogP contribution in [-0.2, 0) is 6.54 Å². The fourth-order valence-electron chi connectivity index (χ4n) is 1.49. The lowest BCUT2D eigenvalue weighted by molar-refractivity contribution is -2.00. The summed E-state index contributed by atoms with van der Waals surface area (Å²) in [6.45, 7) is 3.96. The van der Waals surface area contributed by atoms with Crippen LogP contribution in [0.1, 0.15) is 12.0 Å². The summed E-state index contributed by atoms with van der Waals surface area (Å²) in [4.78, 5) is 1.73. The van der Waals surface area contributed by atoms with Gasteiger partial charge in [0, 0.05) is 12.0 Å². The van der Waals surface area contributed by atoms with E-state index in [-0.39, 0.29) is 0 Å². The zero-order valence-electron chi connectivity index (χ0n) is 8.73. The maximum atomic E-state index is 8.49. The molecule has 1 aliphatic heterocycles. The van der Waals surface area contributed by atoms with Crippen LogP contribution in [0.4, 0.5) is 0 Å². The molecule has 1 aromatic carbocycles. The van der Waals surface area contributed by atoms with Crippen LogP contribution < -0.4 is 23.5 Å².